The normalized spacial score (nSPS) is 23.8. The highest BCUT2D eigenvalue weighted by Gasteiger charge is 2.18. The highest BCUT2D eigenvalue weighted by molar-refractivity contribution is 5.94. The summed E-state index contributed by atoms with van der Waals surface area (Å²) >= 11 is 0. The number of amidine groups is 1. The second-order valence-corrected chi connectivity index (χ2v) is 5.30. The van der Waals surface area contributed by atoms with Crippen LogP contribution in [-0.2, 0) is 11.3 Å². The van der Waals surface area contributed by atoms with Gasteiger partial charge in [0, 0.05) is 5.56 Å². The number of benzene rings is 1. The van der Waals surface area contributed by atoms with E-state index in [1.807, 2.05) is 24.3 Å². The van der Waals surface area contributed by atoms with Crippen LogP contribution in [0.5, 0.6) is 0 Å². The van der Waals surface area contributed by atoms with E-state index < -0.39 is 0 Å². The molecule has 1 aliphatic carbocycles. The molecule has 0 aromatic heterocycles. The Morgan fingerprint density at radius 2 is 1.83 bits per heavy atom. The molecule has 18 heavy (non-hydrogen) atoms. The van der Waals surface area contributed by atoms with Crippen LogP contribution in [0.1, 0.15) is 43.7 Å². The van der Waals surface area contributed by atoms with Crippen molar-refractivity contribution in [2.75, 3.05) is 0 Å². The Bertz CT molecular complexity index is 391. The molecule has 0 aliphatic heterocycles. The minimum atomic E-state index is 0.115. The molecule has 1 aromatic carbocycles. The summed E-state index contributed by atoms with van der Waals surface area (Å²) in [6.45, 7) is 2.98. The summed E-state index contributed by atoms with van der Waals surface area (Å²) in [5.41, 5.74) is 7.34. The van der Waals surface area contributed by atoms with Gasteiger partial charge in [0.1, 0.15) is 5.84 Å². The monoisotopic (exact) mass is 246 g/mol. The van der Waals surface area contributed by atoms with E-state index in [9.17, 15) is 0 Å². The van der Waals surface area contributed by atoms with Crippen LogP contribution in [0.2, 0.25) is 0 Å². The first-order valence-corrected chi connectivity index (χ1v) is 6.70. The van der Waals surface area contributed by atoms with Gasteiger partial charge in [0.2, 0.25) is 0 Å². The van der Waals surface area contributed by atoms with Gasteiger partial charge in [-0.2, -0.15) is 0 Å². The standard InChI is InChI=1S/C15H22N2O/c1-11-2-8-14(9-3-11)18-10-12-4-6-13(7-5-12)15(16)17/h4-7,11,14H,2-3,8-10H2,1H3,(H3,16,17). The summed E-state index contributed by atoms with van der Waals surface area (Å²) in [4.78, 5) is 0. The number of hydrogen-bond acceptors (Lipinski definition) is 2. The van der Waals surface area contributed by atoms with E-state index in [1.165, 1.54) is 25.7 Å². The number of ether oxygens (including phenoxy) is 1. The fourth-order valence-electron chi connectivity index (χ4n) is 2.39. The third-order valence-corrected chi connectivity index (χ3v) is 3.71. The van der Waals surface area contributed by atoms with Crippen LogP contribution in [0, 0.1) is 11.3 Å². The maximum atomic E-state index is 7.33. The Hall–Kier alpha value is -1.35. The summed E-state index contributed by atoms with van der Waals surface area (Å²) in [5.74, 6) is 0.975. The summed E-state index contributed by atoms with van der Waals surface area (Å²) in [5, 5.41) is 7.33. The Kier molecular flexibility index (Phi) is 4.37. The molecule has 1 aromatic rings. The van der Waals surface area contributed by atoms with Crippen LogP contribution in [0.3, 0.4) is 0 Å². The van der Waals surface area contributed by atoms with Crippen molar-refractivity contribution in [3.63, 3.8) is 0 Å². The molecule has 0 amide bonds. The van der Waals surface area contributed by atoms with Gasteiger partial charge in [-0.1, -0.05) is 31.2 Å². The molecule has 0 radical (unpaired) electrons. The van der Waals surface area contributed by atoms with E-state index >= 15 is 0 Å². The molecule has 2 rings (SSSR count). The van der Waals surface area contributed by atoms with Crippen LogP contribution in [0.25, 0.3) is 0 Å². The van der Waals surface area contributed by atoms with Crippen molar-refractivity contribution in [1.29, 1.82) is 5.41 Å². The molecule has 1 aliphatic rings. The maximum Gasteiger partial charge on any atom is 0.122 e. The Morgan fingerprint density at radius 3 is 2.39 bits per heavy atom. The van der Waals surface area contributed by atoms with Crippen molar-refractivity contribution in [3.8, 4) is 0 Å². The molecule has 3 nitrogen and oxygen atoms in total. The van der Waals surface area contributed by atoms with E-state index in [0.717, 1.165) is 17.0 Å². The molecule has 0 heterocycles. The zero-order valence-corrected chi connectivity index (χ0v) is 11.0. The van der Waals surface area contributed by atoms with Gasteiger partial charge >= 0.3 is 0 Å². The summed E-state index contributed by atoms with van der Waals surface area (Å²) in [6.07, 6.45) is 5.37. The van der Waals surface area contributed by atoms with Crippen molar-refractivity contribution >= 4 is 5.84 Å². The summed E-state index contributed by atoms with van der Waals surface area (Å²) < 4.78 is 5.93. The average molecular weight is 246 g/mol. The third kappa shape index (κ3) is 3.57. The van der Waals surface area contributed by atoms with Crippen LogP contribution in [0.4, 0.5) is 0 Å². The molecular weight excluding hydrogens is 224 g/mol. The first-order chi connectivity index (χ1) is 8.65. The molecule has 3 heteroatoms. The number of hydrogen-bond donors (Lipinski definition) is 2. The maximum absolute atomic E-state index is 7.33. The highest BCUT2D eigenvalue weighted by atomic mass is 16.5. The van der Waals surface area contributed by atoms with Crippen molar-refractivity contribution in [2.45, 2.75) is 45.3 Å². The van der Waals surface area contributed by atoms with Crippen LogP contribution in [-0.4, -0.2) is 11.9 Å². The second-order valence-electron chi connectivity index (χ2n) is 5.30. The summed E-state index contributed by atoms with van der Waals surface area (Å²) in [7, 11) is 0. The zero-order chi connectivity index (χ0) is 13.0. The van der Waals surface area contributed by atoms with Crippen LogP contribution in [0.15, 0.2) is 24.3 Å². The molecule has 98 valence electrons. The van der Waals surface area contributed by atoms with E-state index in [1.54, 1.807) is 0 Å². The lowest BCUT2D eigenvalue weighted by Gasteiger charge is -2.26. The SMILES string of the molecule is CC1CCC(OCc2ccc(C(=N)N)cc2)CC1. The predicted molar refractivity (Wildman–Crippen MR) is 73.7 cm³/mol. The van der Waals surface area contributed by atoms with E-state index in [4.69, 9.17) is 15.9 Å². The Labute approximate surface area is 109 Å². The minimum absolute atomic E-state index is 0.115. The minimum Gasteiger partial charge on any atom is -0.384 e. The van der Waals surface area contributed by atoms with Gasteiger partial charge < -0.3 is 10.5 Å². The molecule has 0 bridgehead atoms. The second kappa shape index (κ2) is 6.01. The number of nitrogens with two attached hydrogens (primary N) is 1. The quantitative estimate of drug-likeness (QED) is 0.633. The lowest BCUT2D eigenvalue weighted by atomic mass is 9.89. The topological polar surface area (TPSA) is 59.1 Å². The Morgan fingerprint density at radius 1 is 1.22 bits per heavy atom. The molecule has 1 saturated carbocycles. The van der Waals surface area contributed by atoms with Crippen LogP contribution < -0.4 is 5.73 Å². The van der Waals surface area contributed by atoms with Crippen molar-refractivity contribution in [2.24, 2.45) is 11.7 Å². The zero-order valence-electron chi connectivity index (χ0n) is 11.0. The van der Waals surface area contributed by atoms with Crippen LogP contribution >= 0.6 is 0 Å². The molecule has 0 spiro atoms. The number of nitrogens with one attached hydrogen (secondary N) is 1. The van der Waals surface area contributed by atoms with Crippen molar-refractivity contribution < 1.29 is 4.74 Å². The van der Waals surface area contributed by atoms with Gasteiger partial charge in [-0.05, 0) is 37.2 Å². The first kappa shape index (κ1) is 13.1. The lowest BCUT2D eigenvalue weighted by molar-refractivity contribution is 0.00877. The molecule has 1 fully saturated rings. The highest BCUT2D eigenvalue weighted by Crippen LogP contribution is 2.26. The average Bonchev–Trinajstić information content (AvgIpc) is 2.38. The van der Waals surface area contributed by atoms with Gasteiger partial charge in [0.15, 0.2) is 0 Å². The van der Waals surface area contributed by atoms with Crippen molar-refractivity contribution in [3.05, 3.63) is 35.4 Å². The third-order valence-electron chi connectivity index (χ3n) is 3.71. The van der Waals surface area contributed by atoms with Gasteiger partial charge in [0.25, 0.3) is 0 Å². The van der Waals surface area contributed by atoms with E-state index in [0.29, 0.717) is 12.7 Å². The van der Waals surface area contributed by atoms with Gasteiger partial charge in [-0.3, -0.25) is 5.41 Å². The van der Waals surface area contributed by atoms with Gasteiger partial charge in [-0.25, -0.2) is 0 Å². The van der Waals surface area contributed by atoms with Gasteiger partial charge in [0.05, 0.1) is 12.7 Å². The molecular formula is C15H22N2O. The fourth-order valence-corrected chi connectivity index (χ4v) is 2.39. The smallest absolute Gasteiger partial charge is 0.122 e. The molecule has 0 unspecified atom stereocenters. The summed E-state index contributed by atoms with van der Waals surface area (Å²) in [6, 6.07) is 7.73. The fraction of sp³-hybridized carbons (Fsp3) is 0.533. The van der Waals surface area contributed by atoms with E-state index in [2.05, 4.69) is 6.92 Å². The van der Waals surface area contributed by atoms with Gasteiger partial charge in [-0.15, -0.1) is 0 Å². The Balaban J connectivity index is 1.81. The number of rotatable bonds is 4. The molecule has 0 saturated heterocycles. The number of nitrogen functional groups attached to an aromatic ring is 1. The largest absolute Gasteiger partial charge is 0.384 e. The molecule has 3 N–H and O–H groups in total. The van der Waals surface area contributed by atoms with E-state index in [-0.39, 0.29) is 5.84 Å². The molecule has 0 atom stereocenters. The first-order valence-electron chi connectivity index (χ1n) is 6.70. The predicted octanol–water partition coefficient (Wildman–Crippen LogP) is 3.07. The lowest BCUT2D eigenvalue weighted by Crippen LogP contribution is -2.20. The van der Waals surface area contributed by atoms with Crippen molar-refractivity contribution in [1.82, 2.24) is 0 Å².